The van der Waals surface area contributed by atoms with Gasteiger partial charge in [0.05, 0.1) is 5.01 Å². The highest BCUT2D eigenvalue weighted by molar-refractivity contribution is 7.09. The van der Waals surface area contributed by atoms with Crippen LogP contribution in [0.15, 0.2) is 5.38 Å². The van der Waals surface area contributed by atoms with Crippen molar-refractivity contribution in [1.29, 1.82) is 0 Å². The molecular formula is C11H18N2S. The molecule has 1 unspecified atom stereocenters. The van der Waals surface area contributed by atoms with Crippen molar-refractivity contribution in [3.05, 3.63) is 16.1 Å². The lowest BCUT2D eigenvalue weighted by atomic mass is 10.1. The van der Waals surface area contributed by atoms with Gasteiger partial charge in [-0.2, -0.15) is 0 Å². The van der Waals surface area contributed by atoms with Gasteiger partial charge < -0.3 is 5.32 Å². The van der Waals surface area contributed by atoms with Crippen molar-refractivity contribution >= 4 is 11.3 Å². The van der Waals surface area contributed by atoms with Gasteiger partial charge in [-0.15, -0.1) is 11.3 Å². The lowest BCUT2D eigenvalue weighted by molar-refractivity contribution is 0.489. The van der Waals surface area contributed by atoms with Crippen molar-refractivity contribution in [1.82, 2.24) is 10.3 Å². The summed E-state index contributed by atoms with van der Waals surface area (Å²) in [7, 11) is 2.06. The van der Waals surface area contributed by atoms with Crippen LogP contribution in [0.25, 0.3) is 0 Å². The lowest BCUT2D eigenvalue weighted by Crippen LogP contribution is -2.28. The highest BCUT2D eigenvalue weighted by Gasteiger charge is 2.25. The Kier molecular flexibility index (Phi) is 3.19. The minimum Gasteiger partial charge on any atom is -0.317 e. The second-order valence-electron chi connectivity index (χ2n) is 4.25. The number of aromatic nitrogens is 1. The average molecular weight is 210 g/mol. The second kappa shape index (κ2) is 4.41. The molecular weight excluding hydrogens is 192 g/mol. The molecule has 1 fully saturated rings. The molecule has 3 heteroatoms. The van der Waals surface area contributed by atoms with E-state index >= 15 is 0 Å². The third kappa shape index (κ3) is 2.79. The summed E-state index contributed by atoms with van der Waals surface area (Å²) in [5, 5.41) is 6.82. The summed E-state index contributed by atoms with van der Waals surface area (Å²) in [5.41, 5.74) is 1.16. The van der Waals surface area contributed by atoms with Gasteiger partial charge in [0.25, 0.3) is 0 Å². The Morgan fingerprint density at radius 2 is 2.43 bits per heavy atom. The Morgan fingerprint density at radius 1 is 1.64 bits per heavy atom. The summed E-state index contributed by atoms with van der Waals surface area (Å²) >= 11 is 1.79. The molecule has 2 rings (SSSR count). The van der Waals surface area contributed by atoms with Crippen molar-refractivity contribution in [2.24, 2.45) is 5.92 Å². The van der Waals surface area contributed by atoms with Crippen LogP contribution in [-0.4, -0.2) is 18.1 Å². The Morgan fingerprint density at radius 3 is 2.93 bits per heavy atom. The third-order valence-electron chi connectivity index (χ3n) is 2.81. The molecule has 1 heterocycles. The zero-order chi connectivity index (χ0) is 9.97. The van der Waals surface area contributed by atoms with Crippen LogP contribution in [0.4, 0.5) is 0 Å². The van der Waals surface area contributed by atoms with Gasteiger partial charge in [-0.3, -0.25) is 0 Å². The van der Waals surface area contributed by atoms with E-state index in [2.05, 4.69) is 29.7 Å². The van der Waals surface area contributed by atoms with Gasteiger partial charge in [-0.05, 0) is 26.3 Å². The van der Waals surface area contributed by atoms with E-state index in [0.29, 0.717) is 6.04 Å². The van der Waals surface area contributed by atoms with Crippen LogP contribution < -0.4 is 5.32 Å². The van der Waals surface area contributed by atoms with E-state index in [1.54, 1.807) is 11.3 Å². The predicted molar refractivity (Wildman–Crippen MR) is 60.7 cm³/mol. The molecule has 1 N–H and O–H groups in total. The van der Waals surface area contributed by atoms with Gasteiger partial charge >= 0.3 is 0 Å². The Hall–Kier alpha value is -0.410. The molecule has 0 aliphatic heterocycles. The largest absolute Gasteiger partial charge is 0.317 e. The maximum absolute atomic E-state index is 4.50. The van der Waals surface area contributed by atoms with E-state index in [-0.39, 0.29) is 0 Å². The molecule has 78 valence electrons. The highest BCUT2D eigenvalue weighted by atomic mass is 32.1. The molecule has 0 aromatic carbocycles. The van der Waals surface area contributed by atoms with Gasteiger partial charge in [-0.1, -0.05) is 12.8 Å². The zero-order valence-corrected chi connectivity index (χ0v) is 9.73. The monoisotopic (exact) mass is 210 g/mol. The molecule has 1 saturated carbocycles. The number of nitrogens with one attached hydrogen (secondary N) is 1. The topological polar surface area (TPSA) is 24.9 Å². The van der Waals surface area contributed by atoms with Crippen molar-refractivity contribution in [2.45, 2.75) is 38.6 Å². The molecule has 1 aliphatic rings. The molecule has 2 nitrogen and oxygen atoms in total. The highest BCUT2D eigenvalue weighted by Crippen LogP contribution is 2.34. The van der Waals surface area contributed by atoms with Gasteiger partial charge in [-0.25, -0.2) is 4.98 Å². The second-order valence-corrected chi connectivity index (χ2v) is 5.19. The first-order valence-corrected chi connectivity index (χ1v) is 6.24. The molecule has 0 bridgehead atoms. The molecule has 0 saturated heterocycles. The molecule has 14 heavy (non-hydrogen) atoms. The number of likely N-dealkylation sites (N-methyl/N-ethyl adjacent to an activating group) is 1. The minimum absolute atomic E-state index is 0.632. The third-order valence-corrected chi connectivity index (χ3v) is 3.80. The van der Waals surface area contributed by atoms with Crippen LogP contribution in [0.3, 0.4) is 0 Å². The van der Waals surface area contributed by atoms with Gasteiger partial charge in [0.15, 0.2) is 0 Å². The number of rotatable bonds is 5. The van der Waals surface area contributed by atoms with Crippen molar-refractivity contribution < 1.29 is 0 Å². The molecule has 1 atom stereocenters. The van der Waals surface area contributed by atoms with E-state index in [0.717, 1.165) is 18.0 Å². The van der Waals surface area contributed by atoms with Crippen molar-refractivity contribution in [3.8, 4) is 0 Å². The smallest absolute Gasteiger partial charge is 0.0943 e. The maximum Gasteiger partial charge on any atom is 0.0943 e. The fourth-order valence-corrected chi connectivity index (χ4v) is 2.62. The lowest BCUT2D eigenvalue weighted by Gasteiger charge is -2.13. The van der Waals surface area contributed by atoms with Crippen LogP contribution in [0.5, 0.6) is 0 Å². The van der Waals surface area contributed by atoms with E-state index in [9.17, 15) is 0 Å². The fourth-order valence-electron chi connectivity index (χ4n) is 1.77. The van der Waals surface area contributed by atoms with Crippen LogP contribution in [0, 0.1) is 12.8 Å². The fraction of sp³-hybridized carbons (Fsp3) is 0.727. The number of hydrogen-bond donors (Lipinski definition) is 1. The number of aryl methyl sites for hydroxylation is 1. The first-order chi connectivity index (χ1) is 6.78. The molecule has 1 aromatic rings. The quantitative estimate of drug-likeness (QED) is 0.807. The SMILES string of the molecule is CNC(Cc1nc(C)cs1)CC1CC1. The van der Waals surface area contributed by atoms with Crippen LogP contribution in [0.1, 0.15) is 30.0 Å². The van der Waals surface area contributed by atoms with E-state index < -0.39 is 0 Å². The van der Waals surface area contributed by atoms with E-state index in [1.165, 1.54) is 24.3 Å². The maximum atomic E-state index is 4.50. The molecule has 1 aliphatic carbocycles. The Bertz CT molecular complexity index is 291. The molecule has 0 amide bonds. The summed E-state index contributed by atoms with van der Waals surface area (Å²) in [6, 6.07) is 0.632. The summed E-state index contributed by atoms with van der Waals surface area (Å²) in [6.45, 7) is 2.06. The zero-order valence-electron chi connectivity index (χ0n) is 8.92. The number of hydrogen-bond acceptors (Lipinski definition) is 3. The normalized spacial score (nSPS) is 18.4. The Labute approximate surface area is 89.8 Å². The molecule has 1 aromatic heterocycles. The van der Waals surface area contributed by atoms with Gasteiger partial charge in [0.1, 0.15) is 0 Å². The number of thiazole rings is 1. The van der Waals surface area contributed by atoms with Crippen LogP contribution >= 0.6 is 11.3 Å². The first kappa shape index (κ1) is 10.1. The van der Waals surface area contributed by atoms with Gasteiger partial charge in [0.2, 0.25) is 0 Å². The summed E-state index contributed by atoms with van der Waals surface area (Å²) in [6.07, 6.45) is 5.31. The Balaban J connectivity index is 1.86. The summed E-state index contributed by atoms with van der Waals surface area (Å²) < 4.78 is 0. The predicted octanol–water partition coefficient (Wildman–Crippen LogP) is 2.38. The first-order valence-electron chi connectivity index (χ1n) is 5.36. The summed E-state index contributed by atoms with van der Waals surface area (Å²) in [4.78, 5) is 4.50. The molecule has 0 spiro atoms. The standard InChI is InChI=1S/C11H18N2S/c1-8-7-14-11(13-8)6-10(12-2)5-9-3-4-9/h7,9-10,12H,3-6H2,1-2H3. The van der Waals surface area contributed by atoms with Crippen LogP contribution in [-0.2, 0) is 6.42 Å². The average Bonchev–Trinajstić information content (AvgIpc) is 2.89. The van der Waals surface area contributed by atoms with E-state index in [4.69, 9.17) is 0 Å². The van der Waals surface area contributed by atoms with Crippen molar-refractivity contribution in [3.63, 3.8) is 0 Å². The van der Waals surface area contributed by atoms with Crippen molar-refractivity contribution in [2.75, 3.05) is 7.05 Å². The van der Waals surface area contributed by atoms with Crippen LogP contribution in [0.2, 0.25) is 0 Å². The van der Waals surface area contributed by atoms with E-state index in [1.807, 2.05) is 0 Å². The summed E-state index contributed by atoms with van der Waals surface area (Å²) in [5.74, 6) is 0.994. The minimum atomic E-state index is 0.632. The molecule has 0 radical (unpaired) electrons. The number of nitrogens with zero attached hydrogens (tertiary/aromatic N) is 1. The van der Waals surface area contributed by atoms with Gasteiger partial charge in [0, 0.05) is 23.5 Å².